The molecular formula is C17H23ClN2O3S. The van der Waals surface area contributed by atoms with Crippen LogP contribution in [0.5, 0.6) is 0 Å². The van der Waals surface area contributed by atoms with Crippen LogP contribution in [0.15, 0.2) is 40.8 Å². The van der Waals surface area contributed by atoms with Gasteiger partial charge in [0.1, 0.15) is 0 Å². The Morgan fingerprint density at radius 1 is 1.25 bits per heavy atom. The van der Waals surface area contributed by atoms with Crippen LogP contribution in [0.1, 0.15) is 32.1 Å². The maximum absolute atomic E-state index is 12.4. The fourth-order valence-corrected chi connectivity index (χ4v) is 3.88. The van der Waals surface area contributed by atoms with Gasteiger partial charge in [-0.3, -0.25) is 4.79 Å². The molecule has 1 aromatic carbocycles. The molecule has 0 aromatic heterocycles. The Balaban J connectivity index is 1.84. The summed E-state index contributed by atoms with van der Waals surface area (Å²) in [6, 6.07) is 5.89. The molecule has 0 spiro atoms. The van der Waals surface area contributed by atoms with Crippen molar-refractivity contribution in [1.82, 2.24) is 9.62 Å². The summed E-state index contributed by atoms with van der Waals surface area (Å²) in [6.07, 6.45) is 7.74. The first kappa shape index (κ1) is 19.0. The van der Waals surface area contributed by atoms with Crippen LogP contribution in [0.2, 0.25) is 5.02 Å². The van der Waals surface area contributed by atoms with Crippen LogP contribution < -0.4 is 5.32 Å². The van der Waals surface area contributed by atoms with Crippen LogP contribution in [0, 0.1) is 0 Å². The van der Waals surface area contributed by atoms with Crippen molar-refractivity contribution in [2.45, 2.75) is 37.0 Å². The standard InChI is InChI=1S/C17H23ClN2O3S/c1-20(24(22,23)16-9-7-15(18)8-10-16)13-17(21)19-12-11-14-5-3-2-4-6-14/h5,7-10H,2-4,6,11-13H2,1H3,(H,19,21). The fraction of sp³-hybridized carbons (Fsp3) is 0.471. The van der Waals surface area contributed by atoms with Crippen molar-refractivity contribution >= 4 is 27.5 Å². The van der Waals surface area contributed by atoms with Gasteiger partial charge in [0.2, 0.25) is 15.9 Å². The number of sulfonamides is 1. The lowest BCUT2D eigenvalue weighted by Crippen LogP contribution is -2.38. The lowest BCUT2D eigenvalue weighted by atomic mass is 9.97. The molecule has 132 valence electrons. The minimum Gasteiger partial charge on any atom is -0.355 e. The van der Waals surface area contributed by atoms with E-state index in [4.69, 9.17) is 11.6 Å². The van der Waals surface area contributed by atoms with Gasteiger partial charge in [-0.15, -0.1) is 0 Å². The summed E-state index contributed by atoms with van der Waals surface area (Å²) in [4.78, 5) is 12.1. The Hall–Kier alpha value is -1.37. The first-order valence-corrected chi connectivity index (χ1v) is 9.88. The van der Waals surface area contributed by atoms with E-state index in [-0.39, 0.29) is 17.3 Å². The minimum absolute atomic E-state index is 0.120. The summed E-state index contributed by atoms with van der Waals surface area (Å²) in [5.74, 6) is -0.300. The predicted octanol–water partition coefficient (Wildman–Crippen LogP) is 2.97. The van der Waals surface area contributed by atoms with E-state index in [2.05, 4.69) is 11.4 Å². The number of benzene rings is 1. The van der Waals surface area contributed by atoms with Crippen molar-refractivity contribution in [3.63, 3.8) is 0 Å². The molecule has 0 fully saturated rings. The minimum atomic E-state index is -3.69. The second-order valence-electron chi connectivity index (χ2n) is 5.92. The van der Waals surface area contributed by atoms with Gasteiger partial charge < -0.3 is 5.32 Å². The highest BCUT2D eigenvalue weighted by Gasteiger charge is 2.22. The number of nitrogens with zero attached hydrogens (tertiary/aromatic N) is 1. The van der Waals surface area contributed by atoms with Gasteiger partial charge in [-0.2, -0.15) is 4.31 Å². The molecule has 0 atom stereocenters. The van der Waals surface area contributed by atoms with E-state index in [1.54, 1.807) is 0 Å². The van der Waals surface area contributed by atoms with Crippen molar-refractivity contribution < 1.29 is 13.2 Å². The van der Waals surface area contributed by atoms with Crippen LogP contribution in [0.3, 0.4) is 0 Å². The number of allylic oxidation sites excluding steroid dienone is 1. The zero-order valence-electron chi connectivity index (χ0n) is 13.8. The Labute approximate surface area is 148 Å². The number of carbonyl (C=O) groups is 1. The third kappa shape index (κ3) is 5.33. The summed E-state index contributed by atoms with van der Waals surface area (Å²) in [5, 5.41) is 3.25. The van der Waals surface area contributed by atoms with Crippen molar-refractivity contribution in [2.24, 2.45) is 0 Å². The molecule has 7 heteroatoms. The van der Waals surface area contributed by atoms with Crippen LogP contribution in [-0.4, -0.2) is 38.8 Å². The summed E-state index contributed by atoms with van der Waals surface area (Å²) < 4.78 is 25.8. The van der Waals surface area contributed by atoms with Gasteiger partial charge in [0, 0.05) is 18.6 Å². The number of halogens is 1. The molecule has 0 saturated carbocycles. The molecule has 1 aliphatic rings. The molecule has 0 saturated heterocycles. The van der Waals surface area contributed by atoms with E-state index in [1.165, 1.54) is 49.7 Å². The second-order valence-corrected chi connectivity index (χ2v) is 8.40. The van der Waals surface area contributed by atoms with Crippen LogP contribution in [0.4, 0.5) is 0 Å². The lowest BCUT2D eigenvalue weighted by Gasteiger charge is -2.17. The zero-order valence-corrected chi connectivity index (χ0v) is 15.4. The SMILES string of the molecule is CN(CC(=O)NCCC1=CCCCC1)S(=O)(=O)c1ccc(Cl)cc1. The van der Waals surface area contributed by atoms with Gasteiger partial charge in [0.05, 0.1) is 11.4 Å². The highest BCUT2D eigenvalue weighted by molar-refractivity contribution is 7.89. The molecule has 0 radical (unpaired) electrons. The third-order valence-corrected chi connectivity index (χ3v) is 6.11. The van der Waals surface area contributed by atoms with Gasteiger partial charge in [0.15, 0.2) is 0 Å². The van der Waals surface area contributed by atoms with Gasteiger partial charge in [-0.25, -0.2) is 8.42 Å². The Morgan fingerprint density at radius 3 is 2.58 bits per heavy atom. The third-order valence-electron chi connectivity index (χ3n) is 4.04. The molecule has 1 aromatic rings. The first-order valence-electron chi connectivity index (χ1n) is 8.06. The van der Waals surface area contributed by atoms with E-state index >= 15 is 0 Å². The topological polar surface area (TPSA) is 66.5 Å². The molecular weight excluding hydrogens is 348 g/mol. The Bertz CT molecular complexity index is 699. The van der Waals surface area contributed by atoms with E-state index in [1.807, 2.05) is 0 Å². The van der Waals surface area contributed by atoms with Gasteiger partial charge in [0.25, 0.3) is 0 Å². The number of nitrogens with one attached hydrogen (secondary N) is 1. The van der Waals surface area contributed by atoms with Gasteiger partial charge in [-0.05, 0) is 56.4 Å². The van der Waals surface area contributed by atoms with Gasteiger partial charge in [-0.1, -0.05) is 23.3 Å². The number of likely N-dealkylation sites (N-methyl/N-ethyl adjacent to an activating group) is 1. The largest absolute Gasteiger partial charge is 0.355 e. The Kier molecular flexibility index (Phi) is 6.83. The number of hydrogen-bond donors (Lipinski definition) is 1. The van der Waals surface area contributed by atoms with Crippen LogP contribution in [0.25, 0.3) is 0 Å². The first-order chi connectivity index (χ1) is 11.4. The van der Waals surface area contributed by atoms with Crippen molar-refractivity contribution in [2.75, 3.05) is 20.1 Å². The summed E-state index contributed by atoms with van der Waals surface area (Å²) in [6.45, 7) is 0.337. The molecule has 24 heavy (non-hydrogen) atoms. The molecule has 0 bridgehead atoms. The summed E-state index contributed by atoms with van der Waals surface area (Å²) >= 11 is 5.77. The van der Waals surface area contributed by atoms with E-state index in [9.17, 15) is 13.2 Å². The van der Waals surface area contributed by atoms with Crippen molar-refractivity contribution in [3.05, 3.63) is 40.9 Å². The molecule has 5 nitrogen and oxygen atoms in total. The zero-order chi connectivity index (χ0) is 17.6. The fourth-order valence-electron chi connectivity index (χ4n) is 2.62. The smallest absolute Gasteiger partial charge is 0.243 e. The monoisotopic (exact) mass is 370 g/mol. The average Bonchev–Trinajstić information content (AvgIpc) is 2.56. The summed E-state index contributed by atoms with van der Waals surface area (Å²) in [5.41, 5.74) is 1.38. The van der Waals surface area contributed by atoms with Crippen LogP contribution in [-0.2, 0) is 14.8 Å². The summed E-state index contributed by atoms with van der Waals surface area (Å²) in [7, 11) is -2.30. The van der Waals surface area contributed by atoms with Gasteiger partial charge >= 0.3 is 0 Å². The number of hydrogen-bond acceptors (Lipinski definition) is 3. The average molecular weight is 371 g/mol. The predicted molar refractivity (Wildman–Crippen MR) is 95.4 cm³/mol. The second kappa shape index (κ2) is 8.65. The maximum Gasteiger partial charge on any atom is 0.243 e. The quantitative estimate of drug-likeness (QED) is 0.750. The van der Waals surface area contributed by atoms with E-state index in [0.29, 0.717) is 11.6 Å². The maximum atomic E-state index is 12.4. The van der Waals surface area contributed by atoms with Crippen molar-refractivity contribution in [1.29, 1.82) is 0 Å². The molecule has 2 rings (SSSR count). The Morgan fingerprint density at radius 2 is 1.96 bits per heavy atom. The van der Waals surface area contributed by atoms with E-state index < -0.39 is 10.0 Å². The van der Waals surface area contributed by atoms with Crippen molar-refractivity contribution in [3.8, 4) is 0 Å². The molecule has 1 aliphatic carbocycles. The molecule has 1 N–H and O–H groups in total. The number of amides is 1. The highest BCUT2D eigenvalue weighted by Crippen LogP contribution is 2.19. The molecule has 0 heterocycles. The highest BCUT2D eigenvalue weighted by atomic mass is 35.5. The lowest BCUT2D eigenvalue weighted by molar-refractivity contribution is -0.121. The molecule has 1 amide bonds. The number of rotatable bonds is 7. The van der Waals surface area contributed by atoms with E-state index in [0.717, 1.165) is 23.6 Å². The number of carbonyl (C=O) groups excluding carboxylic acids is 1. The molecule has 0 unspecified atom stereocenters. The van der Waals surface area contributed by atoms with Crippen LogP contribution >= 0.6 is 11.6 Å². The normalized spacial score (nSPS) is 15.2. The molecule has 0 aliphatic heterocycles.